The number of rotatable bonds is 3. The highest BCUT2D eigenvalue weighted by molar-refractivity contribution is 5.82. The van der Waals surface area contributed by atoms with Crippen LogP contribution < -0.4 is 5.73 Å². The standard InChI is InChI=1S/C13H26N2O2/c1-13(2,3)11(14)12(16)15-7-5-6-10(8-15)9-17-4/h10-11H,5-9,14H2,1-4H3/t10?,11-/m1/s1. The average Bonchev–Trinajstić information content (AvgIpc) is 2.27. The van der Waals surface area contributed by atoms with Crippen LogP contribution in [0.1, 0.15) is 33.6 Å². The van der Waals surface area contributed by atoms with Crippen LogP contribution in [0.4, 0.5) is 0 Å². The van der Waals surface area contributed by atoms with Gasteiger partial charge in [0.25, 0.3) is 0 Å². The van der Waals surface area contributed by atoms with Gasteiger partial charge in [0.2, 0.25) is 5.91 Å². The molecule has 2 atom stereocenters. The molecule has 4 nitrogen and oxygen atoms in total. The molecule has 1 saturated heterocycles. The third-order valence-electron chi connectivity index (χ3n) is 3.43. The Morgan fingerprint density at radius 1 is 1.53 bits per heavy atom. The van der Waals surface area contributed by atoms with Gasteiger partial charge in [-0.05, 0) is 24.2 Å². The van der Waals surface area contributed by atoms with Crippen LogP contribution in [0.5, 0.6) is 0 Å². The van der Waals surface area contributed by atoms with Gasteiger partial charge in [-0.25, -0.2) is 0 Å². The lowest BCUT2D eigenvalue weighted by molar-refractivity contribution is -0.137. The molecule has 17 heavy (non-hydrogen) atoms. The molecule has 2 N–H and O–H groups in total. The first-order chi connectivity index (χ1) is 7.86. The fourth-order valence-electron chi connectivity index (χ4n) is 2.20. The van der Waals surface area contributed by atoms with Crippen molar-refractivity contribution in [1.29, 1.82) is 0 Å². The molecule has 1 heterocycles. The summed E-state index contributed by atoms with van der Waals surface area (Å²) in [6.45, 7) is 8.37. The zero-order chi connectivity index (χ0) is 13.1. The summed E-state index contributed by atoms with van der Waals surface area (Å²) in [5, 5.41) is 0. The van der Waals surface area contributed by atoms with Gasteiger partial charge >= 0.3 is 0 Å². The summed E-state index contributed by atoms with van der Waals surface area (Å²) < 4.78 is 5.17. The van der Waals surface area contributed by atoms with Crippen molar-refractivity contribution in [2.45, 2.75) is 39.7 Å². The fourth-order valence-corrected chi connectivity index (χ4v) is 2.20. The lowest BCUT2D eigenvalue weighted by Crippen LogP contribution is -2.53. The maximum absolute atomic E-state index is 12.3. The molecule has 0 spiro atoms. The minimum absolute atomic E-state index is 0.0818. The summed E-state index contributed by atoms with van der Waals surface area (Å²) in [5.74, 6) is 0.545. The monoisotopic (exact) mass is 242 g/mol. The third kappa shape index (κ3) is 3.96. The van der Waals surface area contributed by atoms with E-state index < -0.39 is 6.04 Å². The summed E-state index contributed by atoms with van der Waals surface area (Å²) in [4.78, 5) is 14.2. The summed E-state index contributed by atoms with van der Waals surface area (Å²) in [6, 6.07) is -0.413. The third-order valence-corrected chi connectivity index (χ3v) is 3.43. The molecule has 1 unspecified atom stereocenters. The number of piperidine rings is 1. The predicted octanol–water partition coefficient (Wildman–Crippen LogP) is 1.24. The number of amides is 1. The zero-order valence-electron chi connectivity index (χ0n) is 11.5. The number of carbonyl (C=O) groups excluding carboxylic acids is 1. The first kappa shape index (κ1) is 14.5. The van der Waals surface area contributed by atoms with Crippen molar-refractivity contribution < 1.29 is 9.53 Å². The maximum Gasteiger partial charge on any atom is 0.240 e. The second-order valence-corrected chi connectivity index (χ2v) is 6.09. The Morgan fingerprint density at radius 2 is 2.18 bits per heavy atom. The van der Waals surface area contributed by atoms with Crippen LogP contribution >= 0.6 is 0 Å². The van der Waals surface area contributed by atoms with Gasteiger partial charge in [0.05, 0.1) is 12.6 Å². The molecule has 0 bridgehead atoms. The number of nitrogens with two attached hydrogens (primary N) is 1. The number of carbonyl (C=O) groups is 1. The molecule has 1 aliphatic rings. The van der Waals surface area contributed by atoms with Crippen molar-refractivity contribution in [3.8, 4) is 0 Å². The Hall–Kier alpha value is -0.610. The van der Waals surface area contributed by atoms with Gasteiger partial charge in [0.1, 0.15) is 0 Å². The molecule has 0 aliphatic carbocycles. The van der Waals surface area contributed by atoms with E-state index in [1.54, 1.807) is 7.11 Å². The molecule has 0 aromatic rings. The molecular formula is C13H26N2O2. The van der Waals surface area contributed by atoms with Gasteiger partial charge in [0.15, 0.2) is 0 Å². The Balaban J connectivity index is 2.57. The van der Waals surface area contributed by atoms with E-state index in [4.69, 9.17) is 10.5 Å². The van der Waals surface area contributed by atoms with Crippen molar-refractivity contribution in [3.63, 3.8) is 0 Å². The SMILES string of the molecule is COCC1CCCN(C(=O)[C@@H](N)C(C)(C)C)C1. The van der Waals surface area contributed by atoms with E-state index >= 15 is 0 Å². The molecule has 0 saturated carbocycles. The molecule has 1 rings (SSSR count). The Labute approximate surface area is 104 Å². The molecule has 4 heteroatoms. The number of hydrogen-bond acceptors (Lipinski definition) is 3. The topological polar surface area (TPSA) is 55.6 Å². The van der Waals surface area contributed by atoms with Crippen LogP contribution in [-0.4, -0.2) is 43.7 Å². The second-order valence-electron chi connectivity index (χ2n) is 6.09. The van der Waals surface area contributed by atoms with Crippen molar-refractivity contribution in [1.82, 2.24) is 4.90 Å². The number of ether oxygens (including phenoxy) is 1. The number of hydrogen-bond donors (Lipinski definition) is 1. The van der Waals surface area contributed by atoms with E-state index in [-0.39, 0.29) is 11.3 Å². The van der Waals surface area contributed by atoms with Crippen molar-refractivity contribution in [2.24, 2.45) is 17.1 Å². The minimum atomic E-state index is -0.413. The summed E-state index contributed by atoms with van der Waals surface area (Å²) in [6.07, 6.45) is 2.19. The highest BCUT2D eigenvalue weighted by Gasteiger charge is 2.33. The van der Waals surface area contributed by atoms with Crippen LogP contribution in [0.25, 0.3) is 0 Å². The van der Waals surface area contributed by atoms with Crippen LogP contribution in [-0.2, 0) is 9.53 Å². The van der Waals surface area contributed by atoms with E-state index in [0.717, 1.165) is 32.5 Å². The van der Waals surface area contributed by atoms with E-state index in [1.165, 1.54) is 0 Å². The molecule has 1 amide bonds. The minimum Gasteiger partial charge on any atom is -0.384 e. The molecule has 1 fully saturated rings. The lowest BCUT2D eigenvalue weighted by atomic mass is 9.86. The van der Waals surface area contributed by atoms with Crippen LogP contribution in [0.15, 0.2) is 0 Å². The van der Waals surface area contributed by atoms with E-state index in [0.29, 0.717) is 5.92 Å². The second kappa shape index (κ2) is 5.83. The molecule has 1 aliphatic heterocycles. The Bertz CT molecular complexity index is 259. The number of methoxy groups -OCH3 is 1. The van der Waals surface area contributed by atoms with Gasteiger partial charge in [-0.2, -0.15) is 0 Å². The van der Waals surface area contributed by atoms with Gasteiger partial charge in [0, 0.05) is 20.2 Å². The van der Waals surface area contributed by atoms with Crippen molar-refractivity contribution >= 4 is 5.91 Å². The van der Waals surface area contributed by atoms with Crippen LogP contribution in [0.2, 0.25) is 0 Å². The predicted molar refractivity (Wildman–Crippen MR) is 68.6 cm³/mol. The quantitative estimate of drug-likeness (QED) is 0.810. The molecule has 100 valence electrons. The molecule has 0 radical (unpaired) electrons. The van der Waals surface area contributed by atoms with E-state index in [9.17, 15) is 4.79 Å². The van der Waals surface area contributed by atoms with Gasteiger partial charge in [-0.1, -0.05) is 20.8 Å². The normalized spacial score (nSPS) is 23.6. The lowest BCUT2D eigenvalue weighted by Gasteiger charge is -2.37. The van der Waals surface area contributed by atoms with Crippen molar-refractivity contribution in [3.05, 3.63) is 0 Å². The molecular weight excluding hydrogens is 216 g/mol. The highest BCUT2D eigenvalue weighted by atomic mass is 16.5. The Kier molecular flexibility index (Phi) is 4.95. The van der Waals surface area contributed by atoms with E-state index in [2.05, 4.69) is 0 Å². The number of nitrogens with zero attached hydrogens (tertiary/aromatic N) is 1. The molecule has 0 aromatic carbocycles. The largest absolute Gasteiger partial charge is 0.384 e. The first-order valence-electron chi connectivity index (χ1n) is 6.39. The smallest absolute Gasteiger partial charge is 0.240 e. The van der Waals surface area contributed by atoms with E-state index in [1.807, 2.05) is 25.7 Å². The van der Waals surface area contributed by atoms with Gasteiger partial charge in [-0.3, -0.25) is 4.79 Å². The maximum atomic E-state index is 12.3. The Morgan fingerprint density at radius 3 is 2.71 bits per heavy atom. The van der Waals surface area contributed by atoms with Crippen LogP contribution in [0.3, 0.4) is 0 Å². The highest BCUT2D eigenvalue weighted by Crippen LogP contribution is 2.22. The first-order valence-corrected chi connectivity index (χ1v) is 6.39. The fraction of sp³-hybridized carbons (Fsp3) is 0.923. The van der Waals surface area contributed by atoms with Gasteiger partial charge < -0.3 is 15.4 Å². The molecule has 0 aromatic heterocycles. The van der Waals surface area contributed by atoms with Crippen LogP contribution in [0, 0.1) is 11.3 Å². The number of likely N-dealkylation sites (tertiary alicyclic amines) is 1. The summed E-state index contributed by atoms with van der Waals surface area (Å²) in [5.41, 5.74) is 5.85. The zero-order valence-corrected chi connectivity index (χ0v) is 11.5. The summed E-state index contributed by atoms with van der Waals surface area (Å²) >= 11 is 0. The average molecular weight is 242 g/mol. The summed E-state index contributed by atoms with van der Waals surface area (Å²) in [7, 11) is 1.71. The van der Waals surface area contributed by atoms with Gasteiger partial charge in [-0.15, -0.1) is 0 Å². The van der Waals surface area contributed by atoms with Crippen molar-refractivity contribution in [2.75, 3.05) is 26.8 Å².